The highest BCUT2D eigenvalue weighted by atomic mass is 32.1. The number of H-pyrrole nitrogens is 1. The van der Waals surface area contributed by atoms with Crippen molar-refractivity contribution in [2.24, 2.45) is 0 Å². The van der Waals surface area contributed by atoms with Gasteiger partial charge in [0.05, 0.1) is 23.1 Å². The summed E-state index contributed by atoms with van der Waals surface area (Å²) in [5.74, 6) is 0.849. The average molecular weight is 299 g/mol. The molecule has 0 saturated carbocycles. The molecule has 0 bridgehead atoms. The molecule has 1 aromatic carbocycles. The van der Waals surface area contributed by atoms with Crippen molar-refractivity contribution >= 4 is 12.2 Å². The van der Waals surface area contributed by atoms with Gasteiger partial charge in [-0.2, -0.15) is 10.2 Å². The molecule has 0 atom stereocenters. The molecule has 2 heterocycles. The largest absolute Gasteiger partial charge is 0.300 e. The Labute approximate surface area is 128 Å². The van der Waals surface area contributed by atoms with Crippen LogP contribution >= 0.6 is 12.2 Å². The molecule has 1 N–H and O–H groups in total. The predicted molar refractivity (Wildman–Crippen MR) is 85.0 cm³/mol. The third kappa shape index (κ3) is 2.42. The van der Waals surface area contributed by atoms with Crippen LogP contribution in [0, 0.1) is 11.7 Å². The molecule has 21 heavy (non-hydrogen) atoms. The van der Waals surface area contributed by atoms with Crippen molar-refractivity contribution < 1.29 is 0 Å². The first-order valence-corrected chi connectivity index (χ1v) is 7.38. The molecule has 0 saturated heterocycles. The molecule has 108 valence electrons. The molecule has 6 heteroatoms. The van der Waals surface area contributed by atoms with Crippen LogP contribution in [0.4, 0.5) is 0 Å². The molecule has 3 aromatic rings. The molecular weight excluding hydrogens is 282 g/mol. The SMILES string of the molecule is CCCn1c(-c2cnn(-c3ccccc3)c2C)n[nH]c1=S. The van der Waals surface area contributed by atoms with Gasteiger partial charge in [-0.3, -0.25) is 5.10 Å². The molecule has 0 amide bonds. The Bertz CT molecular complexity index is 797. The molecule has 0 spiro atoms. The van der Waals surface area contributed by atoms with Crippen LogP contribution < -0.4 is 0 Å². The summed E-state index contributed by atoms with van der Waals surface area (Å²) in [6.07, 6.45) is 2.85. The van der Waals surface area contributed by atoms with Crippen molar-refractivity contribution in [3.05, 3.63) is 47.0 Å². The maximum atomic E-state index is 5.30. The van der Waals surface area contributed by atoms with E-state index in [2.05, 4.69) is 22.2 Å². The molecule has 0 unspecified atom stereocenters. The van der Waals surface area contributed by atoms with E-state index in [1.54, 1.807) is 0 Å². The van der Waals surface area contributed by atoms with Crippen LogP contribution in [0.1, 0.15) is 19.0 Å². The number of nitrogens with one attached hydrogen (secondary N) is 1. The number of hydrogen-bond acceptors (Lipinski definition) is 3. The van der Waals surface area contributed by atoms with Gasteiger partial charge in [-0.1, -0.05) is 25.1 Å². The van der Waals surface area contributed by atoms with Gasteiger partial charge in [0.2, 0.25) is 0 Å². The summed E-state index contributed by atoms with van der Waals surface area (Å²) in [5.41, 5.74) is 3.09. The zero-order valence-corrected chi connectivity index (χ0v) is 12.9. The van der Waals surface area contributed by atoms with Crippen LogP contribution in [0.2, 0.25) is 0 Å². The van der Waals surface area contributed by atoms with E-state index in [9.17, 15) is 0 Å². The lowest BCUT2D eigenvalue weighted by Crippen LogP contribution is -2.02. The van der Waals surface area contributed by atoms with Gasteiger partial charge < -0.3 is 4.57 Å². The fourth-order valence-electron chi connectivity index (χ4n) is 2.41. The number of rotatable bonds is 4. The standard InChI is InChI=1S/C15H17N5S/c1-3-9-19-14(17-18-15(19)21)13-10-16-20(11(13)2)12-7-5-4-6-8-12/h4-8,10H,3,9H2,1-2H3,(H,18,21). The van der Waals surface area contributed by atoms with Gasteiger partial charge in [0.15, 0.2) is 10.6 Å². The van der Waals surface area contributed by atoms with Gasteiger partial charge in [0, 0.05) is 6.54 Å². The molecule has 0 aliphatic heterocycles. The summed E-state index contributed by atoms with van der Waals surface area (Å²) in [4.78, 5) is 0. The summed E-state index contributed by atoms with van der Waals surface area (Å²) in [6.45, 7) is 5.02. The molecule has 0 aliphatic rings. The zero-order chi connectivity index (χ0) is 14.8. The van der Waals surface area contributed by atoms with Crippen molar-refractivity contribution in [2.75, 3.05) is 0 Å². The second kappa shape index (κ2) is 5.65. The highest BCUT2D eigenvalue weighted by molar-refractivity contribution is 7.71. The Morgan fingerprint density at radius 1 is 1.24 bits per heavy atom. The number of aromatic nitrogens is 5. The lowest BCUT2D eigenvalue weighted by atomic mass is 10.2. The first kappa shape index (κ1) is 13.8. The zero-order valence-electron chi connectivity index (χ0n) is 12.1. The lowest BCUT2D eigenvalue weighted by molar-refractivity contribution is 0.674. The van der Waals surface area contributed by atoms with Crippen LogP contribution in [0.15, 0.2) is 36.5 Å². The second-order valence-electron chi connectivity index (χ2n) is 4.90. The summed E-state index contributed by atoms with van der Waals surface area (Å²) in [6, 6.07) is 10.1. The van der Waals surface area contributed by atoms with Crippen LogP contribution in [-0.4, -0.2) is 24.5 Å². The van der Waals surface area contributed by atoms with E-state index >= 15 is 0 Å². The van der Waals surface area contributed by atoms with Crippen LogP contribution in [0.3, 0.4) is 0 Å². The normalized spacial score (nSPS) is 11.0. The predicted octanol–water partition coefficient (Wildman–Crippen LogP) is 3.51. The molecule has 0 fully saturated rings. The van der Waals surface area contributed by atoms with E-state index in [4.69, 9.17) is 12.2 Å². The highest BCUT2D eigenvalue weighted by Gasteiger charge is 2.15. The minimum absolute atomic E-state index is 0.652. The summed E-state index contributed by atoms with van der Waals surface area (Å²) >= 11 is 5.30. The van der Waals surface area contributed by atoms with Gasteiger partial charge in [-0.15, -0.1) is 0 Å². The molecular formula is C15H17N5S. The minimum atomic E-state index is 0.652. The van der Waals surface area contributed by atoms with Crippen LogP contribution in [0.5, 0.6) is 0 Å². The highest BCUT2D eigenvalue weighted by Crippen LogP contribution is 2.23. The molecule has 5 nitrogen and oxygen atoms in total. The Balaban J connectivity index is 2.10. The Hall–Kier alpha value is -2.21. The fraction of sp³-hybridized carbons (Fsp3) is 0.267. The van der Waals surface area contributed by atoms with Crippen LogP contribution in [-0.2, 0) is 6.54 Å². The third-order valence-corrected chi connectivity index (χ3v) is 3.77. The monoisotopic (exact) mass is 299 g/mol. The Kier molecular flexibility index (Phi) is 3.70. The average Bonchev–Trinajstić information content (AvgIpc) is 3.05. The summed E-state index contributed by atoms with van der Waals surface area (Å²) in [5, 5.41) is 11.7. The Morgan fingerprint density at radius 3 is 2.71 bits per heavy atom. The molecule has 0 radical (unpaired) electrons. The quantitative estimate of drug-likeness (QED) is 0.750. The van der Waals surface area contributed by atoms with E-state index in [1.807, 2.05) is 52.7 Å². The molecule has 2 aromatic heterocycles. The van der Waals surface area contributed by atoms with E-state index in [0.717, 1.165) is 35.7 Å². The van der Waals surface area contributed by atoms with Crippen molar-refractivity contribution in [1.29, 1.82) is 0 Å². The van der Waals surface area contributed by atoms with Gasteiger partial charge in [0.25, 0.3) is 0 Å². The number of para-hydroxylation sites is 1. The first-order valence-electron chi connectivity index (χ1n) is 6.98. The number of hydrogen-bond donors (Lipinski definition) is 1. The first-order chi connectivity index (χ1) is 10.2. The van der Waals surface area contributed by atoms with Crippen molar-refractivity contribution in [3.63, 3.8) is 0 Å². The Morgan fingerprint density at radius 2 is 2.00 bits per heavy atom. The third-order valence-electron chi connectivity index (χ3n) is 3.46. The maximum absolute atomic E-state index is 5.30. The van der Waals surface area contributed by atoms with Gasteiger partial charge in [-0.25, -0.2) is 4.68 Å². The smallest absolute Gasteiger partial charge is 0.195 e. The number of benzene rings is 1. The second-order valence-corrected chi connectivity index (χ2v) is 5.28. The molecule has 0 aliphatic carbocycles. The van der Waals surface area contributed by atoms with Crippen molar-refractivity contribution in [2.45, 2.75) is 26.8 Å². The van der Waals surface area contributed by atoms with Crippen molar-refractivity contribution in [3.8, 4) is 17.1 Å². The summed E-state index contributed by atoms with van der Waals surface area (Å²) < 4.78 is 4.59. The number of nitrogens with zero attached hydrogens (tertiary/aromatic N) is 4. The lowest BCUT2D eigenvalue weighted by Gasteiger charge is -2.06. The van der Waals surface area contributed by atoms with Crippen LogP contribution in [0.25, 0.3) is 17.1 Å². The van der Waals surface area contributed by atoms with E-state index in [-0.39, 0.29) is 0 Å². The minimum Gasteiger partial charge on any atom is -0.300 e. The molecule has 3 rings (SSSR count). The fourth-order valence-corrected chi connectivity index (χ4v) is 2.64. The summed E-state index contributed by atoms with van der Waals surface area (Å²) in [7, 11) is 0. The van der Waals surface area contributed by atoms with Gasteiger partial charge in [0.1, 0.15) is 0 Å². The van der Waals surface area contributed by atoms with Gasteiger partial charge >= 0.3 is 0 Å². The maximum Gasteiger partial charge on any atom is 0.195 e. The topological polar surface area (TPSA) is 51.4 Å². The van der Waals surface area contributed by atoms with E-state index < -0.39 is 0 Å². The van der Waals surface area contributed by atoms with Gasteiger partial charge in [-0.05, 0) is 37.7 Å². The number of aromatic amines is 1. The van der Waals surface area contributed by atoms with Crippen molar-refractivity contribution in [1.82, 2.24) is 24.5 Å². The van der Waals surface area contributed by atoms with E-state index in [1.165, 1.54) is 0 Å². The van der Waals surface area contributed by atoms with E-state index in [0.29, 0.717) is 4.77 Å².